The van der Waals surface area contributed by atoms with E-state index in [1.165, 1.54) is 35.6 Å². The van der Waals surface area contributed by atoms with Gasteiger partial charge in [0.05, 0.1) is 18.9 Å². The first kappa shape index (κ1) is 19.9. The van der Waals surface area contributed by atoms with E-state index in [2.05, 4.69) is 39.4 Å². The molecule has 0 bridgehead atoms. The number of benzene rings is 2. The SMILES string of the molecule is Cc1cc(Nc2ncn(-c3ccc(F)c(F)c3)n2)cc(N2CCC(C3COC3)CC2)c1. The van der Waals surface area contributed by atoms with Crippen molar-refractivity contribution in [3.05, 3.63) is 59.9 Å². The Balaban J connectivity index is 1.28. The molecule has 3 heterocycles. The molecule has 1 N–H and O–H groups in total. The lowest BCUT2D eigenvalue weighted by Crippen LogP contribution is -2.42. The van der Waals surface area contributed by atoms with E-state index in [9.17, 15) is 8.78 Å². The Hall–Kier alpha value is -3.00. The van der Waals surface area contributed by atoms with Crippen LogP contribution in [0.4, 0.5) is 26.1 Å². The molecule has 8 heteroatoms. The van der Waals surface area contributed by atoms with E-state index in [1.54, 1.807) is 0 Å². The zero-order valence-corrected chi connectivity index (χ0v) is 17.4. The number of nitrogens with zero attached hydrogens (tertiary/aromatic N) is 4. The predicted octanol–water partition coefficient (Wildman–Crippen LogP) is 4.46. The van der Waals surface area contributed by atoms with Gasteiger partial charge in [-0.25, -0.2) is 13.5 Å². The molecule has 1 aromatic heterocycles. The summed E-state index contributed by atoms with van der Waals surface area (Å²) < 4.78 is 33.5. The number of nitrogens with one attached hydrogen (secondary N) is 1. The zero-order chi connectivity index (χ0) is 21.4. The van der Waals surface area contributed by atoms with E-state index >= 15 is 0 Å². The first-order valence-corrected chi connectivity index (χ1v) is 10.6. The van der Waals surface area contributed by atoms with Gasteiger partial charge in [0.15, 0.2) is 11.6 Å². The van der Waals surface area contributed by atoms with Crippen molar-refractivity contribution in [1.82, 2.24) is 14.8 Å². The molecule has 0 saturated carbocycles. The second kappa shape index (κ2) is 8.26. The minimum absolute atomic E-state index is 0.393. The van der Waals surface area contributed by atoms with E-state index in [0.29, 0.717) is 11.6 Å². The highest BCUT2D eigenvalue weighted by Crippen LogP contribution is 2.33. The van der Waals surface area contributed by atoms with Gasteiger partial charge >= 0.3 is 0 Å². The quantitative estimate of drug-likeness (QED) is 0.654. The van der Waals surface area contributed by atoms with E-state index in [0.717, 1.165) is 61.5 Å². The van der Waals surface area contributed by atoms with Gasteiger partial charge in [-0.15, -0.1) is 5.10 Å². The van der Waals surface area contributed by atoms with Crippen molar-refractivity contribution in [3.63, 3.8) is 0 Å². The maximum absolute atomic E-state index is 13.5. The van der Waals surface area contributed by atoms with Crippen LogP contribution >= 0.6 is 0 Å². The third kappa shape index (κ3) is 4.25. The number of rotatable bonds is 5. The number of piperidine rings is 1. The van der Waals surface area contributed by atoms with E-state index in [4.69, 9.17) is 4.74 Å². The fourth-order valence-electron chi connectivity index (χ4n) is 4.37. The number of aromatic nitrogens is 3. The van der Waals surface area contributed by atoms with Gasteiger partial charge in [0.25, 0.3) is 0 Å². The Bertz CT molecular complexity index is 1070. The number of hydrogen-bond donors (Lipinski definition) is 1. The van der Waals surface area contributed by atoms with Crippen molar-refractivity contribution in [3.8, 4) is 5.69 Å². The molecule has 3 aromatic rings. The van der Waals surface area contributed by atoms with E-state index < -0.39 is 11.6 Å². The van der Waals surface area contributed by atoms with Gasteiger partial charge in [-0.1, -0.05) is 0 Å². The normalized spacial score (nSPS) is 17.6. The summed E-state index contributed by atoms with van der Waals surface area (Å²) in [4.78, 5) is 6.69. The van der Waals surface area contributed by atoms with Crippen molar-refractivity contribution >= 4 is 17.3 Å². The summed E-state index contributed by atoms with van der Waals surface area (Å²) in [6.45, 7) is 6.02. The Kier molecular flexibility index (Phi) is 5.31. The molecule has 31 heavy (non-hydrogen) atoms. The fourth-order valence-corrected chi connectivity index (χ4v) is 4.37. The Morgan fingerprint density at radius 2 is 1.77 bits per heavy atom. The molecule has 2 aromatic carbocycles. The highest BCUT2D eigenvalue weighted by molar-refractivity contribution is 5.64. The number of hydrogen-bond acceptors (Lipinski definition) is 5. The lowest BCUT2D eigenvalue weighted by molar-refractivity contribution is -0.0650. The van der Waals surface area contributed by atoms with Gasteiger partial charge in [0.1, 0.15) is 6.33 Å². The predicted molar refractivity (Wildman–Crippen MR) is 115 cm³/mol. The smallest absolute Gasteiger partial charge is 0.246 e. The summed E-state index contributed by atoms with van der Waals surface area (Å²) in [6.07, 6.45) is 3.87. The van der Waals surface area contributed by atoms with Crippen LogP contribution in [0.1, 0.15) is 18.4 Å². The topological polar surface area (TPSA) is 55.2 Å². The molecule has 0 aliphatic carbocycles. The zero-order valence-electron chi connectivity index (χ0n) is 17.4. The van der Waals surface area contributed by atoms with Crippen molar-refractivity contribution < 1.29 is 13.5 Å². The monoisotopic (exact) mass is 425 g/mol. The molecular weight excluding hydrogens is 400 g/mol. The van der Waals surface area contributed by atoms with Crippen LogP contribution in [0.15, 0.2) is 42.7 Å². The van der Waals surface area contributed by atoms with Gasteiger partial charge < -0.3 is 15.0 Å². The molecule has 2 fully saturated rings. The first-order valence-electron chi connectivity index (χ1n) is 10.6. The summed E-state index contributed by atoms with van der Waals surface area (Å²) in [5, 5.41) is 7.58. The summed E-state index contributed by atoms with van der Waals surface area (Å²) in [7, 11) is 0. The number of anilines is 3. The molecule has 2 saturated heterocycles. The average Bonchev–Trinajstić information content (AvgIpc) is 3.17. The van der Waals surface area contributed by atoms with Crippen LogP contribution in [0.25, 0.3) is 5.69 Å². The van der Waals surface area contributed by atoms with Crippen LogP contribution < -0.4 is 10.2 Å². The maximum Gasteiger partial charge on any atom is 0.246 e. The number of ether oxygens (including phenoxy) is 1. The summed E-state index contributed by atoms with van der Waals surface area (Å²) in [5.74, 6) is 0.105. The Labute approximate surface area is 179 Å². The largest absolute Gasteiger partial charge is 0.381 e. The van der Waals surface area contributed by atoms with Crippen LogP contribution in [0.2, 0.25) is 0 Å². The van der Waals surface area contributed by atoms with Gasteiger partial charge in [0.2, 0.25) is 5.95 Å². The molecule has 5 rings (SSSR count). The van der Waals surface area contributed by atoms with E-state index in [1.807, 2.05) is 6.07 Å². The maximum atomic E-state index is 13.5. The highest BCUT2D eigenvalue weighted by Gasteiger charge is 2.31. The fraction of sp³-hybridized carbons (Fsp3) is 0.391. The van der Waals surface area contributed by atoms with Crippen molar-refractivity contribution in [2.75, 3.05) is 36.5 Å². The molecule has 0 radical (unpaired) electrons. The molecule has 0 atom stereocenters. The molecule has 2 aliphatic rings. The van der Waals surface area contributed by atoms with Gasteiger partial charge in [-0.2, -0.15) is 4.98 Å². The summed E-state index contributed by atoms with van der Waals surface area (Å²) in [6, 6.07) is 9.98. The van der Waals surface area contributed by atoms with Gasteiger partial charge in [-0.3, -0.25) is 0 Å². The standard InChI is InChI=1S/C23H25F2N5O/c1-15-8-18(10-20(9-15)29-6-4-16(5-7-29)17-12-31-13-17)27-23-26-14-30(28-23)19-2-3-21(24)22(25)11-19/h2-3,8-11,14,16-17H,4-7,12-13H2,1H3,(H,27,28). The van der Waals surface area contributed by atoms with Crippen LogP contribution in [-0.2, 0) is 4.74 Å². The van der Waals surface area contributed by atoms with Gasteiger partial charge in [0, 0.05) is 36.4 Å². The molecule has 2 aliphatic heterocycles. The molecule has 0 spiro atoms. The van der Waals surface area contributed by atoms with Crippen molar-refractivity contribution in [2.45, 2.75) is 19.8 Å². The summed E-state index contributed by atoms with van der Waals surface area (Å²) >= 11 is 0. The van der Waals surface area contributed by atoms with Gasteiger partial charge in [-0.05, 0) is 61.6 Å². The molecule has 0 unspecified atom stereocenters. The summed E-state index contributed by atoms with van der Waals surface area (Å²) in [5.41, 5.74) is 3.64. The second-order valence-electron chi connectivity index (χ2n) is 8.42. The van der Waals surface area contributed by atoms with Crippen molar-refractivity contribution in [1.29, 1.82) is 0 Å². The lowest BCUT2D eigenvalue weighted by Gasteiger charge is -2.40. The van der Waals surface area contributed by atoms with Crippen LogP contribution in [0, 0.1) is 30.4 Å². The Morgan fingerprint density at radius 1 is 0.968 bits per heavy atom. The van der Waals surface area contributed by atoms with Crippen molar-refractivity contribution in [2.24, 2.45) is 11.8 Å². The highest BCUT2D eigenvalue weighted by atomic mass is 19.2. The third-order valence-electron chi connectivity index (χ3n) is 6.21. The molecular formula is C23H25F2N5O. The number of halogens is 2. The number of aryl methyl sites for hydroxylation is 1. The second-order valence-corrected chi connectivity index (χ2v) is 8.42. The minimum atomic E-state index is -0.917. The Morgan fingerprint density at radius 3 is 2.48 bits per heavy atom. The first-order chi connectivity index (χ1) is 15.0. The third-order valence-corrected chi connectivity index (χ3v) is 6.21. The molecule has 0 amide bonds. The van der Waals surface area contributed by atoms with Crippen LogP contribution in [0.5, 0.6) is 0 Å². The molecule has 162 valence electrons. The van der Waals surface area contributed by atoms with Crippen LogP contribution in [-0.4, -0.2) is 41.1 Å². The average molecular weight is 425 g/mol. The minimum Gasteiger partial charge on any atom is -0.381 e. The molecule has 6 nitrogen and oxygen atoms in total. The van der Waals surface area contributed by atoms with E-state index in [-0.39, 0.29) is 0 Å². The lowest BCUT2D eigenvalue weighted by atomic mass is 9.83. The van der Waals surface area contributed by atoms with Crippen LogP contribution in [0.3, 0.4) is 0 Å².